The number of aryl methyl sites for hydroxylation is 2. The maximum Gasteiger partial charge on any atom is 0.240 e. The van der Waals surface area contributed by atoms with Crippen molar-refractivity contribution < 1.29 is 18.4 Å². The smallest absolute Gasteiger partial charge is 0.240 e. The number of anilines is 1. The molecule has 2 amide bonds. The van der Waals surface area contributed by atoms with Crippen molar-refractivity contribution in [3.8, 4) is 5.69 Å². The third kappa shape index (κ3) is 5.43. The van der Waals surface area contributed by atoms with Crippen molar-refractivity contribution in [1.82, 2.24) is 15.1 Å². The van der Waals surface area contributed by atoms with E-state index in [4.69, 9.17) is 9.52 Å². The number of halogens is 1. The monoisotopic (exact) mass is 560 g/mol. The number of carbonyl (C=O) groups is 2. The molecule has 0 aliphatic carbocycles. The SMILES string of the molecule is Cc1ccc(-n2nc(C(C)(C)C)c3c2N(CC(=O)NCc2ccco2)C(=O)CSC3c2ccccc2F)c(C)c1. The number of carbonyl (C=O) groups excluding carboxylic acids is 2. The summed E-state index contributed by atoms with van der Waals surface area (Å²) in [5, 5.41) is 7.44. The van der Waals surface area contributed by atoms with Crippen LogP contribution in [0.15, 0.2) is 65.3 Å². The molecule has 208 valence electrons. The minimum Gasteiger partial charge on any atom is -0.467 e. The van der Waals surface area contributed by atoms with Crippen molar-refractivity contribution in [2.45, 2.75) is 51.8 Å². The zero-order chi connectivity index (χ0) is 28.6. The van der Waals surface area contributed by atoms with Crippen molar-refractivity contribution in [2.24, 2.45) is 0 Å². The second-order valence-corrected chi connectivity index (χ2v) is 12.2. The van der Waals surface area contributed by atoms with Crippen LogP contribution in [0.25, 0.3) is 5.69 Å². The molecule has 5 rings (SSSR count). The fourth-order valence-corrected chi connectivity index (χ4v) is 6.24. The standard InChI is InChI=1S/C31H33FN4O3S/c1-19-12-13-24(20(2)15-19)36-30-27(29(34-36)31(3,4)5)28(22-10-6-7-11-23(22)32)40-18-26(38)35(30)17-25(37)33-16-21-9-8-14-39-21/h6-15,28H,16-18H2,1-5H3,(H,33,37). The molecular formula is C31H33FN4O3S. The van der Waals surface area contributed by atoms with Crippen molar-refractivity contribution >= 4 is 29.4 Å². The Kier molecular flexibility index (Phi) is 7.59. The van der Waals surface area contributed by atoms with E-state index >= 15 is 4.39 Å². The summed E-state index contributed by atoms with van der Waals surface area (Å²) in [7, 11) is 0. The number of furan rings is 1. The highest BCUT2D eigenvalue weighted by atomic mass is 32.2. The Hall–Kier alpha value is -3.85. The molecule has 1 atom stereocenters. The number of fused-ring (bicyclic) bond motifs is 1. The largest absolute Gasteiger partial charge is 0.467 e. The first-order valence-electron chi connectivity index (χ1n) is 13.2. The fourth-order valence-electron chi connectivity index (χ4n) is 5.02. The lowest BCUT2D eigenvalue weighted by molar-refractivity contribution is -0.123. The zero-order valence-corrected chi connectivity index (χ0v) is 24.1. The van der Waals surface area contributed by atoms with Gasteiger partial charge < -0.3 is 9.73 Å². The molecule has 40 heavy (non-hydrogen) atoms. The molecule has 0 bridgehead atoms. The molecule has 2 aromatic heterocycles. The number of hydrogen-bond acceptors (Lipinski definition) is 5. The molecule has 0 fully saturated rings. The minimum absolute atomic E-state index is 0.0790. The van der Waals surface area contributed by atoms with Gasteiger partial charge in [-0.15, -0.1) is 11.8 Å². The quantitative estimate of drug-likeness (QED) is 0.313. The minimum atomic E-state index is -0.495. The lowest BCUT2D eigenvalue weighted by Gasteiger charge is -2.25. The van der Waals surface area contributed by atoms with Crippen LogP contribution in [0.1, 0.15) is 59.7 Å². The van der Waals surface area contributed by atoms with Gasteiger partial charge in [-0.25, -0.2) is 9.07 Å². The Morgan fingerprint density at radius 3 is 2.60 bits per heavy atom. The molecule has 0 saturated carbocycles. The van der Waals surface area contributed by atoms with Crippen molar-refractivity contribution in [2.75, 3.05) is 17.2 Å². The van der Waals surface area contributed by atoms with Gasteiger partial charge in [0.25, 0.3) is 0 Å². The van der Waals surface area contributed by atoms with Gasteiger partial charge in [-0.3, -0.25) is 14.5 Å². The average molecular weight is 561 g/mol. The Balaban J connectivity index is 1.71. The summed E-state index contributed by atoms with van der Waals surface area (Å²) in [5.74, 6) is 0.257. The van der Waals surface area contributed by atoms with Crippen LogP contribution in [-0.2, 0) is 21.5 Å². The number of amides is 2. The molecule has 1 aliphatic rings. The average Bonchev–Trinajstić information content (AvgIpc) is 3.53. The molecule has 0 spiro atoms. The molecule has 0 saturated heterocycles. The van der Waals surface area contributed by atoms with Gasteiger partial charge in [0.2, 0.25) is 11.8 Å². The van der Waals surface area contributed by atoms with E-state index in [1.165, 1.54) is 22.7 Å². The number of rotatable bonds is 6. The van der Waals surface area contributed by atoms with Gasteiger partial charge in [0.05, 0.1) is 35.2 Å². The summed E-state index contributed by atoms with van der Waals surface area (Å²) >= 11 is 1.36. The van der Waals surface area contributed by atoms with Crippen molar-refractivity contribution in [3.05, 3.63) is 100 Å². The number of thioether (sulfide) groups is 1. The van der Waals surface area contributed by atoms with Crippen LogP contribution in [0.2, 0.25) is 0 Å². The normalized spacial score (nSPS) is 15.6. The summed E-state index contributed by atoms with van der Waals surface area (Å²) in [6.45, 7) is 10.2. The summed E-state index contributed by atoms with van der Waals surface area (Å²) in [6.07, 6.45) is 1.54. The predicted octanol–water partition coefficient (Wildman–Crippen LogP) is 6.00. The first-order valence-corrected chi connectivity index (χ1v) is 14.3. The predicted molar refractivity (Wildman–Crippen MR) is 155 cm³/mol. The van der Waals surface area contributed by atoms with Crippen LogP contribution in [0.3, 0.4) is 0 Å². The molecule has 1 N–H and O–H groups in total. The molecular weight excluding hydrogens is 527 g/mol. The number of hydrogen-bond donors (Lipinski definition) is 1. The summed E-state index contributed by atoms with van der Waals surface area (Å²) in [6, 6.07) is 16.2. The highest BCUT2D eigenvalue weighted by molar-refractivity contribution is 8.00. The van der Waals surface area contributed by atoms with Crippen LogP contribution in [-0.4, -0.2) is 33.9 Å². The van der Waals surface area contributed by atoms with Gasteiger partial charge in [-0.1, -0.05) is 56.7 Å². The van der Waals surface area contributed by atoms with Crippen LogP contribution >= 0.6 is 11.8 Å². The van der Waals surface area contributed by atoms with E-state index < -0.39 is 10.7 Å². The first kappa shape index (κ1) is 27.7. The topological polar surface area (TPSA) is 80.4 Å². The molecule has 1 unspecified atom stereocenters. The Morgan fingerprint density at radius 1 is 1.15 bits per heavy atom. The summed E-state index contributed by atoms with van der Waals surface area (Å²) in [4.78, 5) is 28.5. The van der Waals surface area contributed by atoms with E-state index in [1.54, 1.807) is 41.3 Å². The molecule has 4 aromatic rings. The maximum absolute atomic E-state index is 15.3. The summed E-state index contributed by atoms with van der Waals surface area (Å²) in [5.41, 5.74) is 4.41. The van der Waals surface area contributed by atoms with Crippen LogP contribution in [0.5, 0.6) is 0 Å². The third-order valence-electron chi connectivity index (χ3n) is 6.91. The lowest BCUT2D eigenvalue weighted by Crippen LogP contribution is -2.42. The third-order valence-corrected chi connectivity index (χ3v) is 8.15. The van der Waals surface area contributed by atoms with Crippen LogP contribution < -0.4 is 10.2 Å². The van der Waals surface area contributed by atoms with Crippen molar-refractivity contribution in [1.29, 1.82) is 0 Å². The van der Waals surface area contributed by atoms with Crippen LogP contribution in [0, 0.1) is 19.7 Å². The van der Waals surface area contributed by atoms with Gasteiger partial charge in [-0.2, -0.15) is 5.10 Å². The number of nitrogens with zero attached hydrogens (tertiary/aromatic N) is 3. The second kappa shape index (κ2) is 11.0. The van der Waals surface area contributed by atoms with Gasteiger partial charge >= 0.3 is 0 Å². The molecule has 2 aromatic carbocycles. The molecule has 7 nitrogen and oxygen atoms in total. The second-order valence-electron chi connectivity index (χ2n) is 11.1. The van der Waals surface area contributed by atoms with Gasteiger partial charge in [0.1, 0.15) is 23.9 Å². The van der Waals surface area contributed by atoms with E-state index in [0.29, 0.717) is 17.1 Å². The lowest BCUT2D eigenvalue weighted by atomic mass is 9.87. The molecule has 0 radical (unpaired) electrons. The van der Waals surface area contributed by atoms with E-state index in [0.717, 1.165) is 28.1 Å². The number of benzene rings is 2. The van der Waals surface area contributed by atoms with E-state index in [2.05, 4.69) is 32.2 Å². The van der Waals surface area contributed by atoms with Gasteiger partial charge in [0.15, 0.2) is 0 Å². The number of aromatic nitrogens is 2. The van der Waals surface area contributed by atoms with Crippen LogP contribution in [0.4, 0.5) is 10.2 Å². The van der Waals surface area contributed by atoms with Gasteiger partial charge in [0, 0.05) is 16.5 Å². The Labute approximate surface area is 237 Å². The van der Waals surface area contributed by atoms with E-state index in [9.17, 15) is 9.59 Å². The number of nitrogens with one attached hydrogen (secondary N) is 1. The van der Waals surface area contributed by atoms with E-state index in [1.807, 2.05) is 26.0 Å². The molecule has 1 aliphatic heterocycles. The highest BCUT2D eigenvalue weighted by Gasteiger charge is 2.40. The molecule has 9 heteroatoms. The van der Waals surface area contributed by atoms with Gasteiger partial charge in [-0.05, 0) is 43.7 Å². The van der Waals surface area contributed by atoms with E-state index in [-0.39, 0.29) is 36.5 Å². The zero-order valence-electron chi connectivity index (χ0n) is 23.3. The summed E-state index contributed by atoms with van der Waals surface area (Å²) < 4.78 is 22.4. The Bertz CT molecular complexity index is 1560. The highest BCUT2D eigenvalue weighted by Crippen LogP contribution is 2.49. The van der Waals surface area contributed by atoms with Crippen molar-refractivity contribution in [3.63, 3.8) is 0 Å². The maximum atomic E-state index is 15.3. The fraction of sp³-hybridized carbons (Fsp3) is 0.323. The Morgan fingerprint density at radius 2 is 1.93 bits per heavy atom. The first-order chi connectivity index (χ1) is 19.0. The molecule has 3 heterocycles.